The Morgan fingerprint density at radius 2 is 2.10 bits per heavy atom. The Hall–Kier alpha value is -2.12. The van der Waals surface area contributed by atoms with E-state index in [9.17, 15) is 4.79 Å². The van der Waals surface area contributed by atoms with Crippen LogP contribution < -0.4 is 15.8 Å². The lowest BCUT2D eigenvalue weighted by Crippen LogP contribution is -2.21. The fourth-order valence-electron chi connectivity index (χ4n) is 1.39. The van der Waals surface area contributed by atoms with Crippen molar-refractivity contribution in [1.82, 2.24) is 10.1 Å². The highest BCUT2D eigenvalue weighted by atomic mass is 35.5. The molecule has 1 amide bonds. The summed E-state index contributed by atoms with van der Waals surface area (Å²) in [6.07, 6.45) is 0. The fourth-order valence-corrected chi connectivity index (χ4v) is 1.39. The van der Waals surface area contributed by atoms with Gasteiger partial charge in [-0.3, -0.25) is 4.79 Å². The number of nitrogens with one attached hydrogen (secondary N) is 1. The molecule has 0 radical (unpaired) electrons. The number of carbonyl (C=O) groups is 1. The number of anilines is 1. The Balaban J connectivity index is 0.00000200. The molecule has 20 heavy (non-hydrogen) atoms. The summed E-state index contributed by atoms with van der Waals surface area (Å²) < 4.78 is 10.3. The third-order valence-corrected chi connectivity index (χ3v) is 2.26. The summed E-state index contributed by atoms with van der Waals surface area (Å²) in [5, 5.41) is 6.35. The first-order valence-corrected chi connectivity index (χ1v) is 5.69. The number of aryl methyl sites for hydroxylation is 1. The zero-order chi connectivity index (χ0) is 13.7. The summed E-state index contributed by atoms with van der Waals surface area (Å²) in [7, 11) is 0. The smallest absolute Gasteiger partial charge is 0.238 e. The van der Waals surface area contributed by atoms with Crippen molar-refractivity contribution in [1.29, 1.82) is 0 Å². The molecule has 2 rings (SSSR count). The minimum absolute atomic E-state index is 0. The van der Waals surface area contributed by atoms with Crippen LogP contribution in [0.3, 0.4) is 0 Å². The van der Waals surface area contributed by atoms with E-state index in [1.54, 1.807) is 31.2 Å². The van der Waals surface area contributed by atoms with Crippen LogP contribution in [0.5, 0.6) is 5.75 Å². The van der Waals surface area contributed by atoms with E-state index in [1.807, 2.05) is 0 Å². The van der Waals surface area contributed by atoms with Crippen LogP contribution in [-0.4, -0.2) is 22.6 Å². The molecule has 0 unspecified atom stereocenters. The average Bonchev–Trinajstić information content (AvgIpc) is 2.83. The van der Waals surface area contributed by atoms with Gasteiger partial charge in [-0.1, -0.05) is 5.16 Å². The number of aromatic nitrogens is 2. The van der Waals surface area contributed by atoms with Crippen LogP contribution in [-0.2, 0) is 11.4 Å². The molecule has 0 bridgehead atoms. The third-order valence-electron chi connectivity index (χ3n) is 2.26. The number of nitrogens with zero attached hydrogens (tertiary/aromatic N) is 2. The molecular weight excluding hydrogens is 284 g/mol. The summed E-state index contributed by atoms with van der Waals surface area (Å²) >= 11 is 0. The van der Waals surface area contributed by atoms with Gasteiger partial charge in [-0.15, -0.1) is 12.4 Å². The van der Waals surface area contributed by atoms with Crippen molar-refractivity contribution in [2.24, 2.45) is 5.73 Å². The monoisotopic (exact) mass is 298 g/mol. The van der Waals surface area contributed by atoms with Crippen LogP contribution in [0.25, 0.3) is 0 Å². The summed E-state index contributed by atoms with van der Waals surface area (Å²) in [6.45, 7) is 1.90. The molecule has 1 heterocycles. The maximum atomic E-state index is 11.1. The maximum Gasteiger partial charge on any atom is 0.238 e. The second-order valence-corrected chi connectivity index (χ2v) is 3.79. The highest BCUT2D eigenvalue weighted by Gasteiger charge is 2.04. The summed E-state index contributed by atoms with van der Waals surface area (Å²) in [5.41, 5.74) is 5.87. The predicted molar refractivity (Wildman–Crippen MR) is 74.7 cm³/mol. The molecular formula is C12H15ClN4O3. The fraction of sp³-hybridized carbons (Fsp3) is 0.250. The van der Waals surface area contributed by atoms with Crippen LogP contribution in [0, 0.1) is 6.92 Å². The van der Waals surface area contributed by atoms with Gasteiger partial charge < -0.3 is 20.3 Å². The van der Waals surface area contributed by atoms with Crippen molar-refractivity contribution in [3.8, 4) is 5.75 Å². The third kappa shape index (κ3) is 4.52. The zero-order valence-corrected chi connectivity index (χ0v) is 11.6. The van der Waals surface area contributed by atoms with E-state index in [1.165, 1.54) is 0 Å². The Morgan fingerprint density at radius 1 is 1.40 bits per heavy atom. The van der Waals surface area contributed by atoms with Gasteiger partial charge in [-0.2, -0.15) is 4.98 Å². The van der Waals surface area contributed by atoms with E-state index in [0.29, 0.717) is 23.2 Å². The van der Waals surface area contributed by atoms with Crippen molar-refractivity contribution in [2.75, 3.05) is 11.9 Å². The average molecular weight is 299 g/mol. The van der Waals surface area contributed by atoms with Crippen LogP contribution in [0.2, 0.25) is 0 Å². The Bertz CT molecular complexity index is 556. The molecule has 0 fully saturated rings. The Labute approximate surface area is 121 Å². The molecule has 0 atom stereocenters. The number of hydrogen-bond donors (Lipinski definition) is 2. The molecule has 0 aliphatic heterocycles. The van der Waals surface area contributed by atoms with Crippen molar-refractivity contribution in [3.05, 3.63) is 36.0 Å². The van der Waals surface area contributed by atoms with E-state index in [2.05, 4.69) is 15.5 Å². The topological polar surface area (TPSA) is 103 Å². The normalized spacial score (nSPS) is 9.70. The Morgan fingerprint density at radius 3 is 2.65 bits per heavy atom. The molecule has 1 aromatic carbocycles. The van der Waals surface area contributed by atoms with Gasteiger partial charge in [0, 0.05) is 12.6 Å². The van der Waals surface area contributed by atoms with E-state index in [4.69, 9.17) is 15.0 Å². The van der Waals surface area contributed by atoms with Gasteiger partial charge in [-0.25, -0.2) is 0 Å². The first-order chi connectivity index (χ1) is 9.17. The van der Waals surface area contributed by atoms with Gasteiger partial charge in [0.05, 0.1) is 6.54 Å². The number of carbonyl (C=O) groups excluding carboxylic acids is 1. The molecule has 0 aliphatic rings. The van der Waals surface area contributed by atoms with Gasteiger partial charge >= 0.3 is 0 Å². The SMILES string of the molecule is Cc1nc(COc2ccc(NC(=O)CN)cc2)no1.Cl. The number of hydrogen-bond acceptors (Lipinski definition) is 6. The van der Waals surface area contributed by atoms with Crippen molar-refractivity contribution in [2.45, 2.75) is 13.5 Å². The van der Waals surface area contributed by atoms with Gasteiger partial charge in [0.1, 0.15) is 5.75 Å². The van der Waals surface area contributed by atoms with E-state index in [-0.39, 0.29) is 31.5 Å². The number of ether oxygens (including phenoxy) is 1. The van der Waals surface area contributed by atoms with Crippen LogP contribution >= 0.6 is 12.4 Å². The van der Waals surface area contributed by atoms with Crippen LogP contribution in [0.4, 0.5) is 5.69 Å². The van der Waals surface area contributed by atoms with Gasteiger partial charge in [0.15, 0.2) is 6.61 Å². The lowest BCUT2D eigenvalue weighted by Gasteiger charge is -2.06. The molecule has 0 saturated carbocycles. The second kappa shape index (κ2) is 7.46. The molecule has 1 aromatic heterocycles. The summed E-state index contributed by atoms with van der Waals surface area (Å²) in [4.78, 5) is 15.1. The molecule has 2 aromatic rings. The minimum Gasteiger partial charge on any atom is -0.485 e. The maximum absolute atomic E-state index is 11.1. The summed E-state index contributed by atoms with van der Waals surface area (Å²) in [6, 6.07) is 6.92. The highest BCUT2D eigenvalue weighted by molar-refractivity contribution is 5.92. The first kappa shape index (κ1) is 15.9. The standard InChI is InChI=1S/C12H14N4O3.ClH/c1-8-14-11(16-19-8)7-18-10-4-2-9(3-5-10)15-12(17)6-13;/h2-5H,6-7,13H2,1H3,(H,15,17);1H. The first-order valence-electron chi connectivity index (χ1n) is 5.69. The van der Waals surface area contributed by atoms with Crippen molar-refractivity contribution < 1.29 is 14.1 Å². The molecule has 0 spiro atoms. The zero-order valence-electron chi connectivity index (χ0n) is 10.8. The lowest BCUT2D eigenvalue weighted by molar-refractivity contribution is -0.114. The second-order valence-electron chi connectivity index (χ2n) is 3.79. The number of nitrogens with two attached hydrogens (primary N) is 1. The van der Waals surface area contributed by atoms with E-state index in [0.717, 1.165) is 0 Å². The van der Waals surface area contributed by atoms with Crippen molar-refractivity contribution >= 4 is 24.0 Å². The molecule has 108 valence electrons. The molecule has 8 heteroatoms. The highest BCUT2D eigenvalue weighted by Crippen LogP contribution is 2.16. The molecule has 0 aliphatic carbocycles. The molecule has 3 N–H and O–H groups in total. The van der Waals surface area contributed by atoms with Crippen molar-refractivity contribution in [3.63, 3.8) is 0 Å². The van der Waals surface area contributed by atoms with Gasteiger partial charge in [0.2, 0.25) is 17.6 Å². The quantitative estimate of drug-likeness (QED) is 0.861. The van der Waals surface area contributed by atoms with Crippen LogP contribution in [0.1, 0.15) is 11.7 Å². The van der Waals surface area contributed by atoms with Gasteiger partial charge in [-0.05, 0) is 24.3 Å². The number of amides is 1. The number of benzene rings is 1. The molecule has 0 saturated heterocycles. The summed E-state index contributed by atoms with van der Waals surface area (Å²) in [5.74, 6) is 1.39. The van der Waals surface area contributed by atoms with E-state index >= 15 is 0 Å². The van der Waals surface area contributed by atoms with Gasteiger partial charge in [0.25, 0.3) is 0 Å². The number of rotatable bonds is 5. The lowest BCUT2D eigenvalue weighted by atomic mass is 10.3. The predicted octanol–water partition coefficient (Wildman–Crippen LogP) is 1.28. The molecule has 7 nitrogen and oxygen atoms in total. The number of halogens is 1. The largest absolute Gasteiger partial charge is 0.485 e. The van der Waals surface area contributed by atoms with Crippen LogP contribution in [0.15, 0.2) is 28.8 Å². The van der Waals surface area contributed by atoms with E-state index < -0.39 is 0 Å². The minimum atomic E-state index is -0.240. The Kier molecular flexibility index (Phi) is 5.95.